The summed E-state index contributed by atoms with van der Waals surface area (Å²) in [7, 11) is 0. The Bertz CT molecular complexity index is 559. The first kappa shape index (κ1) is 12.1. The molecule has 0 unspecified atom stereocenters. The van der Waals surface area contributed by atoms with Crippen molar-refractivity contribution in [2.45, 2.75) is 26.4 Å². The lowest BCUT2D eigenvalue weighted by Gasteiger charge is -2.09. The van der Waals surface area contributed by atoms with Gasteiger partial charge in [0.15, 0.2) is 0 Å². The molecule has 2 rings (SSSR count). The van der Waals surface area contributed by atoms with E-state index >= 15 is 0 Å². The van der Waals surface area contributed by atoms with E-state index in [1.807, 2.05) is 13.8 Å². The molecule has 0 fully saturated rings. The molecule has 0 spiro atoms. The van der Waals surface area contributed by atoms with Crippen molar-refractivity contribution in [1.29, 1.82) is 0 Å². The second kappa shape index (κ2) is 5.30. The molecule has 0 saturated carbocycles. The standard InChI is InChI=1S/C10H15N7O/c1-6(2)14-8-3-7(12-5-13-8)11-4-9-15-10(18)17-16-9/h3,5-6H,4H2,1-2H3,(H2,11,12,13,14)(H2,15,16,17,18). The maximum absolute atomic E-state index is 10.8. The number of H-pyrrole nitrogens is 2. The van der Waals surface area contributed by atoms with E-state index in [2.05, 4.69) is 35.8 Å². The summed E-state index contributed by atoms with van der Waals surface area (Å²) in [5.41, 5.74) is -0.323. The number of nitrogens with one attached hydrogen (secondary N) is 4. The summed E-state index contributed by atoms with van der Waals surface area (Å²) in [6.45, 7) is 4.45. The summed E-state index contributed by atoms with van der Waals surface area (Å²) in [5, 5.41) is 12.3. The number of nitrogens with zero attached hydrogens (tertiary/aromatic N) is 3. The van der Waals surface area contributed by atoms with E-state index in [1.165, 1.54) is 6.33 Å². The highest BCUT2D eigenvalue weighted by atomic mass is 16.1. The fraction of sp³-hybridized carbons (Fsp3) is 0.400. The van der Waals surface area contributed by atoms with E-state index in [0.717, 1.165) is 5.82 Å². The number of rotatable bonds is 5. The zero-order chi connectivity index (χ0) is 13.0. The highest BCUT2D eigenvalue weighted by molar-refractivity contribution is 5.46. The maximum Gasteiger partial charge on any atom is 0.340 e. The zero-order valence-electron chi connectivity index (χ0n) is 10.2. The van der Waals surface area contributed by atoms with Crippen LogP contribution in [-0.4, -0.2) is 31.2 Å². The summed E-state index contributed by atoms with van der Waals surface area (Å²) in [6.07, 6.45) is 1.47. The van der Waals surface area contributed by atoms with E-state index in [-0.39, 0.29) is 5.69 Å². The molecule has 96 valence electrons. The highest BCUT2D eigenvalue weighted by Gasteiger charge is 2.02. The Morgan fingerprint density at radius 2 is 2.11 bits per heavy atom. The van der Waals surface area contributed by atoms with Crippen LogP contribution < -0.4 is 16.3 Å². The van der Waals surface area contributed by atoms with Crippen LogP contribution in [0.4, 0.5) is 11.6 Å². The molecule has 0 aliphatic heterocycles. The summed E-state index contributed by atoms with van der Waals surface area (Å²) in [5.74, 6) is 1.94. The minimum absolute atomic E-state index is 0.301. The second-order valence-electron chi connectivity index (χ2n) is 4.07. The molecule has 0 saturated heterocycles. The molecule has 0 aliphatic rings. The van der Waals surface area contributed by atoms with Gasteiger partial charge in [0.1, 0.15) is 23.8 Å². The highest BCUT2D eigenvalue weighted by Crippen LogP contribution is 2.09. The molecule has 2 aromatic rings. The van der Waals surface area contributed by atoms with Crippen LogP contribution in [0.3, 0.4) is 0 Å². The first-order chi connectivity index (χ1) is 8.63. The van der Waals surface area contributed by atoms with Gasteiger partial charge < -0.3 is 10.6 Å². The average Bonchev–Trinajstić information content (AvgIpc) is 2.72. The van der Waals surface area contributed by atoms with E-state index < -0.39 is 0 Å². The average molecular weight is 249 g/mol. The Balaban J connectivity index is 1.98. The molecule has 0 radical (unpaired) electrons. The lowest BCUT2D eigenvalue weighted by atomic mass is 10.4. The van der Waals surface area contributed by atoms with E-state index in [9.17, 15) is 4.79 Å². The summed E-state index contributed by atoms with van der Waals surface area (Å²) in [4.78, 5) is 21.6. The van der Waals surface area contributed by atoms with Crippen LogP contribution in [0, 0.1) is 0 Å². The largest absolute Gasteiger partial charge is 0.368 e. The minimum Gasteiger partial charge on any atom is -0.368 e. The van der Waals surface area contributed by atoms with Crippen molar-refractivity contribution < 1.29 is 0 Å². The first-order valence-corrected chi connectivity index (χ1v) is 5.59. The fourth-order valence-electron chi connectivity index (χ4n) is 1.39. The Kier molecular flexibility index (Phi) is 3.56. The molecule has 0 amide bonds. The molecule has 0 aromatic carbocycles. The van der Waals surface area contributed by atoms with Crippen molar-refractivity contribution in [1.82, 2.24) is 25.1 Å². The fourth-order valence-corrected chi connectivity index (χ4v) is 1.39. The predicted octanol–water partition coefficient (Wildman–Crippen LogP) is 0.320. The number of aromatic amines is 2. The van der Waals surface area contributed by atoms with Crippen LogP contribution in [0.1, 0.15) is 19.7 Å². The van der Waals surface area contributed by atoms with Crippen LogP contribution in [0.5, 0.6) is 0 Å². The van der Waals surface area contributed by atoms with Gasteiger partial charge >= 0.3 is 5.69 Å². The van der Waals surface area contributed by atoms with Gasteiger partial charge in [-0.15, -0.1) is 0 Å². The molecule has 2 heterocycles. The zero-order valence-corrected chi connectivity index (χ0v) is 10.2. The van der Waals surface area contributed by atoms with E-state index in [0.29, 0.717) is 24.2 Å². The first-order valence-electron chi connectivity index (χ1n) is 5.59. The Labute approximate surface area is 103 Å². The van der Waals surface area contributed by atoms with Crippen LogP contribution in [0.15, 0.2) is 17.2 Å². The van der Waals surface area contributed by atoms with Gasteiger partial charge in [0.25, 0.3) is 0 Å². The van der Waals surface area contributed by atoms with Gasteiger partial charge in [0.2, 0.25) is 0 Å². The number of hydrogen-bond donors (Lipinski definition) is 4. The molecule has 4 N–H and O–H groups in total. The monoisotopic (exact) mass is 249 g/mol. The number of aromatic nitrogens is 5. The quantitative estimate of drug-likeness (QED) is 0.607. The molecule has 0 atom stereocenters. The van der Waals surface area contributed by atoms with Crippen molar-refractivity contribution >= 4 is 11.6 Å². The molecular formula is C10H15N7O. The maximum atomic E-state index is 10.8. The molecule has 0 aliphatic carbocycles. The van der Waals surface area contributed by atoms with Crippen molar-refractivity contribution in [3.05, 3.63) is 28.7 Å². The lowest BCUT2D eigenvalue weighted by molar-refractivity contribution is 0.884. The summed E-state index contributed by atoms with van der Waals surface area (Å²) < 4.78 is 0. The third-order valence-electron chi connectivity index (χ3n) is 2.09. The smallest absolute Gasteiger partial charge is 0.340 e. The summed E-state index contributed by atoms with van der Waals surface area (Å²) in [6, 6.07) is 2.10. The topological polar surface area (TPSA) is 111 Å². The molecule has 8 heteroatoms. The van der Waals surface area contributed by atoms with Gasteiger partial charge in [-0.2, -0.15) is 5.10 Å². The Morgan fingerprint density at radius 3 is 2.78 bits per heavy atom. The Hall–Kier alpha value is -2.38. The van der Waals surface area contributed by atoms with Crippen molar-refractivity contribution in [3.63, 3.8) is 0 Å². The Morgan fingerprint density at radius 1 is 1.33 bits per heavy atom. The number of anilines is 2. The SMILES string of the molecule is CC(C)Nc1cc(NCc2n[nH]c(=O)[nH]2)ncn1. The molecule has 0 bridgehead atoms. The van der Waals surface area contributed by atoms with E-state index in [4.69, 9.17) is 0 Å². The van der Waals surface area contributed by atoms with Crippen LogP contribution in [0.2, 0.25) is 0 Å². The third-order valence-corrected chi connectivity index (χ3v) is 2.09. The molecule has 2 aromatic heterocycles. The van der Waals surface area contributed by atoms with Gasteiger partial charge in [-0.1, -0.05) is 0 Å². The second-order valence-corrected chi connectivity index (χ2v) is 4.07. The van der Waals surface area contributed by atoms with Crippen LogP contribution in [-0.2, 0) is 6.54 Å². The minimum atomic E-state index is -0.323. The summed E-state index contributed by atoms with van der Waals surface area (Å²) >= 11 is 0. The lowest BCUT2D eigenvalue weighted by Crippen LogP contribution is -2.12. The van der Waals surface area contributed by atoms with Crippen LogP contribution >= 0.6 is 0 Å². The van der Waals surface area contributed by atoms with E-state index in [1.54, 1.807) is 6.07 Å². The van der Waals surface area contributed by atoms with Crippen molar-refractivity contribution in [3.8, 4) is 0 Å². The van der Waals surface area contributed by atoms with Gasteiger partial charge in [0, 0.05) is 12.1 Å². The predicted molar refractivity (Wildman–Crippen MR) is 67.3 cm³/mol. The van der Waals surface area contributed by atoms with Gasteiger partial charge in [-0.25, -0.2) is 19.9 Å². The van der Waals surface area contributed by atoms with Gasteiger partial charge in [0.05, 0.1) is 6.54 Å². The van der Waals surface area contributed by atoms with Gasteiger partial charge in [-0.05, 0) is 13.8 Å². The van der Waals surface area contributed by atoms with Crippen LogP contribution in [0.25, 0.3) is 0 Å². The molecule has 8 nitrogen and oxygen atoms in total. The molecule has 18 heavy (non-hydrogen) atoms. The van der Waals surface area contributed by atoms with Gasteiger partial charge in [-0.3, -0.25) is 4.98 Å². The van der Waals surface area contributed by atoms with Crippen molar-refractivity contribution in [2.24, 2.45) is 0 Å². The number of hydrogen-bond acceptors (Lipinski definition) is 6. The molecular weight excluding hydrogens is 234 g/mol. The third kappa shape index (κ3) is 3.30. The van der Waals surface area contributed by atoms with Crippen molar-refractivity contribution in [2.75, 3.05) is 10.6 Å². The normalized spacial score (nSPS) is 10.6.